The van der Waals surface area contributed by atoms with Gasteiger partial charge in [0, 0.05) is 37.3 Å². The first-order valence-electron chi connectivity index (χ1n) is 11.1. The number of anilines is 1. The highest BCUT2D eigenvalue weighted by atomic mass is 32.2. The van der Waals surface area contributed by atoms with Crippen LogP contribution in [0.4, 0.5) is 5.69 Å². The van der Waals surface area contributed by atoms with E-state index in [1.165, 1.54) is 0 Å². The topological polar surface area (TPSA) is 76.5 Å². The maximum Gasteiger partial charge on any atom is 0.226 e. The summed E-state index contributed by atoms with van der Waals surface area (Å²) in [6.07, 6.45) is 0. The van der Waals surface area contributed by atoms with Crippen molar-refractivity contribution in [1.82, 2.24) is 15.1 Å². The van der Waals surface area contributed by atoms with Crippen molar-refractivity contribution in [2.75, 3.05) is 37.7 Å². The summed E-state index contributed by atoms with van der Waals surface area (Å²) in [4.78, 5) is 2.50. The van der Waals surface area contributed by atoms with Crippen molar-refractivity contribution in [2.24, 2.45) is 0 Å². The van der Waals surface area contributed by atoms with Gasteiger partial charge in [0.05, 0.1) is 22.7 Å². The molecular weight excluding hydrogens is 436 g/mol. The molecule has 170 valence electrons. The lowest BCUT2D eigenvalue weighted by molar-refractivity contribution is 0.340. The third kappa shape index (κ3) is 4.07. The van der Waals surface area contributed by atoms with Gasteiger partial charge in [-0.1, -0.05) is 18.2 Å². The first-order chi connectivity index (χ1) is 16.1. The molecule has 0 bridgehead atoms. The highest BCUT2D eigenvalue weighted by Crippen LogP contribution is 2.33. The van der Waals surface area contributed by atoms with Gasteiger partial charge in [-0.15, -0.1) is 0 Å². The Morgan fingerprint density at radius 1 is 0.939 bits per heavy atom. The molecule has 1 fully saturated rings. The van der Waals surface area contributed by atoms with Crippen molar-refractivity contribution in [1.29, 1.82) is 0 Å². The Morgan fingerprint density at radius 3 is 2.33 bits per heavy atom. The molecule has 7 nitrogen and oxygen atoms in total. The maximum absolute atomic E-state index is 13.6. The number of hydrogen-bond donors (Lipinski definition) is 1. The quantitative estimate of drug-likeness (QED) is 0.471. The minimum atomic E-state index is -3.80. The minimum absolute atomic E-state index is 0.0644. The van der Waals surface area contributed by atoms with Crippen molar-refractivity contribution < 1.29 is 13.2 Å². The predicted octanol–water partition coefficient (Wildman–Crippen LogP) is 3.67. The van der Waals surface area contributed by atoms with Crippen LogP contribution in [0.2, 0.25) is 0 Å². The molecule has 0 radical (unpaired) electrons. The van der Waals surface area contributed by atoms with Gasteiger partial charge in [0.2, 0.25) is 9.84 Å². The molecule has 33 heavy (non-hydrogen) atoms. The zero-order valence-corrected chi connectivity index (χ0v) is 19.3. The Bertz CT molecular complexity index is 1360. The van der Waals surface area contributed by atoms with Crippen LogP contribution in [0, 0.1) is 0 Å². The Kier molecular flexibility index (Phi) is 5.78. The van der Waals surface area contributed by atoms with Gasteiger partial charge in [0.25, 0.3) is 0 Å². The number of sulfone groups is 1. The van der Waals surface area contributed by atoms with E-state index < -0.39 is 9.84 Å². The SMILES string of the molecule is CCOc1ccc(-n2nc(S(=O)(=O)c3ccccc3)c3cc(N4CCNCC4)ccc32)cc1. The summed E-state index contributed by atoms with van der Waals surface area (Å²) >= 11 is 0. The average molecular weight is 463 g/mol. The lowest BCUT2D eigenvalue weighted by atomic mass is 10.2. The van der Waals surface area contributed by atoms with Crippen molar-refractivity contribution in [3.63, 3.8) is 0 Å². The van der Waals surface area contributed by atoms with E-state index in [2.05, 4.69) is 15.3 Å². The fourth-order valence-corrected chi connectivity index (χ4v) is 5.54. The number of aromatic nitrogens is 2. The Balaban J connectivity index is 1.68. The van der Waals surface area contributed by atoms with Crippen molar-refractivity contribution in [3.05, 3.63) is 72.8 Å². The zero-order valence-electron chi connectivity index (χ0n) is 18.4. The van der Waals surface area contributed by atoms with Crippen LogP contribution in [0.15, 0.2) is 82.7 Å². The van der Waals surface area contributed by atoms with E-state index in [1.54, 1.807) is 35.0 Å². The lowest BCUT2D eigenvalue weighted by Gasteiger charge is -2.29. The molecule has 0 atom stereocenters. The second-order valence-corrected chi connectivity index (χ2v) is 9.76. The zero-order chi connectivity index (χ0) is 22.8. The Hall–Kier alpha value is -3.36. The molecule has 1 aromatic heterocycles. The molecule has 1 aliphatic rings. The van der Waals surface area contributed by atoms with Crippen LogP contribution >= 0.6 is 0 Å². The number of hydrogen-bond acceptors (Lipinski definition) is 6. The fraction of sp³-hybridized carbons (Fsp3) is 0.240. The molecule has 1 N–H and O–H groups in total. The van der Waals surface area contributed by atoms with Gasteiger partial charge < -0.3 is 15.0 Å². The Morgan fingerprint density at radius 2 is 1.64 bits per heavy atom. The molecule has 3 aromatic carbocycles. The van der Waals surface area contributed by atoms with Gasteiger partial charge in [-0.3, -0.25) is 0 Å². The van der Waals surface area contributed by atoms with E-state index in [1.807, 2.05) is 49.4 Å². The summed E-state index contributed by atoms with van der Waals surface area (Å²) in [5.74, 6) is 0.760. The first-order valence-corrected chi connectivity index (χ1v) is 12.6. The second kappa shape index (κ2) is 8.88. The van der Waals surface area contributed by atoms with Crippen LogP contribution in [0.3, 0.4) is 0 Å². The largest absolute Gasteiger partial charge is 0.494 e. The molecule has 0 amide bonds. The third-order valence-electron chi connectivity index (χ3n) is 5.81. The van der Waals surface area contributed by atoms with Crippen molar-refractivity contribution in [2.45, 2.75) is 16.8 Å². The molecule has 1 aliphatic heterocycles. The summed E-state index contributed by atoms with van der Waals surface area (Å²) < 4.78 is 34.4. The summed E-state index contributed by atoms with van der Waals surface area (Å²) in [6.45, 7) is 6.07. The number of nitrogens with zero attached hydrogens (tertiary/aromatic N) is 3. The van der Waals surface area contributed by atoms with Crippen molar-refractivity contribution >= 4 is 26.4 Å². The van der Waals surface area contributed by atoms with Gasteiger partial charge in [-0.05, 0) is 61.5 Å². The van der Waals surface area contributed by atoms with E-state index in [9.17, 15) is 8.42 Å². The minimum Gasteiger partial charge on any atom is -0.494 e. The second-order valence-electron chi connectivity index (χ2n) is 7.90. The van der Waals surface area contributed by atoms with E-state index in [-0.39, 0.29) is 9.92 Å². The van der Waals surface area contributed by atoms with Gasteiger partial charge in [0.1, 0.15) is 5.75 Å². The van der Waals surface area contributed by atoms with Crippen LogP contribution in [-0.2, 0) is 9.84 Å². The van der Waals surface area contributed by atoms with E-state index in [0.29, 0.717) is 12.0 Å². The molecule has 0 spiro atoms. The van der Waals surface area contributed by atoms with Gasteiger partial charge in [-0.2, -0.15) is 5.10 Å². The summed E-state index contributed by atoms with van der Waals surface area (Å²) in [5, 5.41) is 8.66. The number of benzene rings is 3. The first kappa shape index (κ1) is 21.5. The highest BCUT2D eigenvalue weighted by molar-refractivity contribution is 7.91. The number of piperazine rings is 1. The number of fused-ring (bicyclic) bond motifs is 1. The summed E-state index contributed by atoms with van der Waals surface area (Å²) in [5.41, 5.74) is 2.51. The molecule has 0 aliphatic carbocycles. The smallest absolute Gasteiger partial charge is 0.226 e. The van der Waals surface area contributed by atoms with Crippen LogP contribution in [0.1, 0.15) is 6.92 Å². The van der Waals surface area contributed by atoms with Gasteiger partial charge >= 0.3 is 0 Å². The summed E-state index contributed by atoms with van der Waals surface area (Å²) in [7, 11) is -3.80. The summed E-state index contributed by atoms with van der Waals surface area (Å²) in [6, 6.07) is 21.9. The molecule has 4 aromatic rings. The van der Waals surface area contributed by atoms with Gasteiger partial charge in [-0.25, -0.2) is 13.1 Å². The van der Waals surface area contributed by atoms with Crippen LogP contribution < -0.4 is 15.0 Å². The van der Waals surface area contributed by atoms with Crippen molar-refractivity contribution in [3.8, 4) is 11.4 Å². The number of rotatable bonds is 6. The number of ether oxygens (including phenoxy) is 1. The van der Waals surface area contributed by atoms with E-state index in [4.69, 9.17) is 4.74 Å². The van der Waals surface area contributed by atoms with E-state index >= 15 is 0 Å². The average Bonchev–Trinajstić information content (AvgIpc) is 3.25. The highest BCUT2D eigenvalue weighted by Gasteiger charge is 2.26. The molecule has 1 saturated heterocycles. The molecule has 5 rings (SSSR count). The normalized spacial score (nSPS) is 14.5. The maximum atomic E-state index is 13.6. The van der Waals surface area contributed by atoms with Crippen LogP contribution in [0.25, 0.3) is 16.6 Å². The molecule has 0 unspecified atom stereocenters. The molecular formula is C25H26N4O3S. The fourth-order valence-electron chi connectivity index (χ4n) is 4.16. The van der Waals surface area contributed by atoms with E-state index in [0.717, 1.165) is 48.8 Å². The standard InChI is InChI=1S/C25H26N4O3S/c1-2-32-21-11-8-19(9-12-21)29-24-13-10-20(28-16-14-26-15-17-28)18-23(24)25(27-29)33(30,31)22-6-4-3-5-7-22/h3-13,18,26H,2,14-17H2,1H3. The third-order valence-corrected chi connectivity index (χ3v) is 7.52. The van der Waals surface area contributed by atoms with Gasteiger partial charge in [0.15, 0.2) is 5.03 Å². The molecule has 0 saturated carbocycles. The van der Waals surface area contributed by atoms with Crippen LogP contribution in [0.5, 0.6) is 5.75 Å². The molecule has 2 heterocycles. The monoisotopic (exact) mass is 462 g/mol. The lowest BCUT2D eigenvalue weighted by Crippen LogP contribution is -2.43. The number of nitrogens with one attached hydrogen (secondary N) is 1. The van der Waals surface area contributed by atoms with Crippen LogP contribution in [-0.4, -0.2) is 51.0 Å². The predicted molar refractivity (Wildman–Crippen MR) is 129 cm³/mol. The Labute approximate surface area is 193 Å². The molecule has 8 heteroatoms.